The van der Waals surface area contributed by atoms with Crippen LogP contribution in [-0.4, -0.2) is 10.5 Å². The molecule has 3 heteroatoms. The highest BCUT2D eigenvalue weighted by Gasteiger charge is 2.05. The van der Waals surface area contributed by atoms with Crippen molar-refractivity contribution in [2.45, 2.75) is 0 Å². The lowest BCUT2D eigenvalue weighted by Gasteiger charge is -2.24. The highest BCUT2D eigenvalue weighted by atomic mass is 79.9. The number of fused-ring (bicyclic) bond motifs is 1. The van der Waals surface area contributed by atoms with E-state index in [1.165, 1.54) is 5.56 Å². The monoisotopic (exact) mass is 224 g/mol. The van der Waals surface area contributed by atoms with Gasteiger partial charge in [-0.25, -0.2) is 0 Å². The van der Waals surface area contributed by atoms with Gasteiger partial charge in [-0.1, -0.05) is 34.1 Å². The molecule has 12 heavy (non-hydrogen) atoms. The van der Waals surface area contributed by atoms with E-state index < -0.39 is 0 Å². The molecule has 0 saturated heterocycles. The van der Waals surface area contributed by atoms with Crippen LogP contribution < -0.4 is 5.43 Å². The van der Waals surface area contributed by atoms with Crippen LogP contribution in [0.25, 0.3) is 6.08 Å². The average molecular weight is 225 g/mol. The summed E-state index contributed by atoms with van der Waals surface area (Å²) >= 11 is 3.37. The number of hydrogen-bond acceptors (Lipinski definition) is 2. The highest BCUT2D eigenvalue weighted by molar-refractivity contribution is 9.09. The normalized spacial score (nSPS) is 13.9. The smallest absolute Gasteiger partial charge is 0.0937 e. The average Bonchev–Trinajstić information content (AvgIpc) is 2.17. The van der Waals surface area contributed by atoms with Gasteiger partial charge in [-0.05, 0) is 12.1 Å². The van der Waals surface area contributed by atoms with Gasteiger partial charge in [-0.2, -0.15) is 0 Å². The number of para-hydroxylation sites is 1. The summed E-state index contributed by atoms with van der Waals surface area (Å²) in [6.07, 6.45) is 4.10. The van der Waals surface area contributed by atoms with Crippen LogP contribution in [0.3, 0.4) is 0 Å². The molecule has 2 rings (SSSR count). The van der Waals surface area contributed by atoms with Crippen molar-refractivity contribution in [2.75, 3.05) is 10.9 Å². The third kappa shape index (κ3) is 1.32. The summed E-state index contributed by atoms with van der Waals surface area (Å²) in [5, 5.41) is 1.97. The Hall–Kier alpha value is -0.960. The minimum atomic E-state index is 0.790. The summed E-state index contributed by atoms with van der Waals surface area (Å²) in [6.45, 7) is 0. The summed E-state index contributed by atoms with van der Waals surface area (Å²) in [4.78, 5) is 0. The summed E-state index contributed by atoms with van der Waals surface area (Å²) in [5.41, 5.74) is 6.42. The van der Waals surface area contributed by atoms with Crippen molar-refractivity contribution in [3.05, 3.63) is 36.0 Å². The van der Waals surface area contributed by atoms with Crippen LogP contribution in [0, 0.1) is 0 Å². The summed E-state index contributed by atoms with van der Waals surface area (Å²) in [5.74, 6) is 0. The predicted molar refractivity (Wildman–Crippen MR) is 54.7 cm³/mol. The number of hydrazine groups is 1. The second-order valence-corrected chi connectivity index (χ2v) is 3.11. The first-order valence-electron chi connectivity index (χ1n) is 3.76. The van der Waals surface area contributed by atoms with E-state index in [0.717, 1.165) is 11.1 Å². The summed E-state index contributed by atoms with van der Waals surface area (Å²) in [7, 11) is 0. The van der Waals surface area contributed by atoms with E-state index in [2.05, 4.69) is 39.6 Å². The van der Waals surface area contributed by atoms with Gasteiger partial charge in [0.25, 0.3) is 0 Å². The van der Waals surface area contributed by atoms with Crippen LogP contribution in [0.1, 0.15) is 5.56 Å². The molecule has 1 N–H and O–H groups in total. The van der Waals surface area contributed by atoms with Crippen LogP contribution in [-0.2, 0) is 0 Å². The van der Waals surface area contributed by atoms with Crippen LogP contribution in [0.2, 0.25) is 0 Å². The first-order valence-corrected chi connectivity index (χ1v) is 4.89. The molecule has 1 heterocycles. The number of hydrogen-bond donors (Lipinski definition) is 1. The van der Waals surface area contributed by atoms with Gasteiger partial charge in [0, 0.05) is 11.8 Å². The molecule has 0 fully saturated rings. The maximum Gasteiger partial charge on any atom is 0.0937 e. The molecule has 0 unspecified atom stereocenters. The van der Waals surface area contributed by atoms with Crippen LogP contribution >= 0.6 is 15.9 Å². The molecule has 1 aliphatic rings. The Balaban J connectivity index is 2.33. The zero-order valence-corrected chi connectivity index (χ0v) is 8.08. The van der Waals surface area contributed by atoms with Crippen LogP contribution in [0.15, 0.2) is 30.5 Å². The van der Waals surface area contributed by atoms with E-state index in [4.69, 9.17) is 0 Å². The molecule has 1 aromatic rings. The lowest BCUT2D eigenvalue weighted by atomic mass is 10.1. The minimum absolute atomic E-state index is 0.790. The minimum Gasteiger partial charge on any atom is -0.298 e. The van der Waals surface area contributed by atoms with Gasteiger partial charge in [0.05, 0.1) is 11.1 Å². The fourth-order valence-electron chi connectivity index (χ4n) is 1.18. The molecular weight excluding hydrogens is 216 g/mol. The van der Waals surface area contributed by atoms with Crippen molar-refractivity contribution in [3.8, 4) is 0 Å². The fourth-order valence-corrected chi connectivity index (χ4v) is 1.47. The molecule has 1 aromatic carbocycles. The Kier molecular flexibility index (Phi) is 2.04. The topological polar surface area (TPSA) is 15.3 Å². The Labute approximate surface area is 80.0 Å². The van der Waals surface area contributed by atoms with E-state index in [1.807, 2.05) is 23.3 Å². The van der Waals surface area contributed by atoms with Crippen molar-refractivity contribution in [1.82, 2.24) is 5.01 Å². The number of benzene rings is 1. The second kappa shape index (κ2) is 3.19. The van der Waals surface area contributed by atoms with Gasteiger partial charge in [-0.15, -0.1) is 0 Å². The third-order valence-corrected chi connectivity index (χ3v) is 2.33. The van der Waals surface area contributed by atoms with Crippen LogP contribution in [0.4, 0.5) is 5.69 Å². The zero-order valence-electron chi connectivity index (χ0n) is 6.50. The van der Waals surface area contributed by atoms with Crippen molar-refractivity contribution in [2.24, 2.45) is 0 Å². The number of halogens is 1. The van der Waals surface area contributed by atoms with Crippen molar-refractivity contribution in [1.29, 1.82) is 0 Å². The number of nitrogens with zero attached hydrogens (tertiary/aromatic N) is 1. The number of alkyl halides is 1. The molecule has 0 bridgehead atoms. The molecule has 0 aliphatic carbocycles. The molecule has 0 aromatic heterocycles. The van der Waals surface area contributed by atoms with E-state index in [-0.39, 0.29) is 0 Å². The fraction of sp³-hybridized carbons (Fsp3) is 0.111. The van der Waals surface area contributed by atoms with Crippen molar-refractivity contribution < 1.29 is 0 Å². The SMILES string of the molecule is BrCN1C=Cc2ccccc2N1. The number of anilines is 1. The molecule has 0 atom stereocenters. The Morgan fingerprint density at radius 1 is 1.33 bits per heavy atom. The van der Waals surface area contributed by atoms with Gasteiger partial charge in [0.15, 0.2) is 0 Å². The summed E-state index contributed by atoms with van der Waals surface area (Å²) < 4.78 is 0. The lowest BCUT2D eigenvalue weighted by Crippen LogP contribution is -2.24. The maximum absolute atomic E-state index is 3.37. The van der Waals surface area contributed by atoms with Crippen LogP contribution in [0.5, 0.6) is 0 Å². The molecule has 0 radical (unpaired) electrons. The molecule has 0 amide bonds. The molecule has 0 saturated carbocycles. The number of rotatable bonds is 1. The molecular formula is C9H9BrN2. The predicted octanol–water partition coefficient (Wildman–Crippen LogP) is 2.65. The lowest BCUT2D eigenvalue weighted by molar-refractivity contribution is 0.534. The van der Waals surface area contributed by atoms with E-state index in [9.17, 15) is 0 Å². The molecule has 62 valence electrons. The Morgan fingerprint density at radius 3 is 3.00 bits per heavy atom. The summed E-state index contributed by atoms with van der Waals surface area (Å²) in [6, 6.07) is 8.21. The van der Waals surface area contributed by atoms with E-state index >= 15 is 0 Å². The first kappa shape index (κ1) is 7.68. The standard InChI is InChI=1S/C9H9BrN2/c10-7-12-6-5-8-3-1-2-4-9(8)11-12/h1-6,11H,7H2. The molecule has 1 aliphatic heterocycles. The maximum atomic E-state index is 3.37. The van der Waals surface area contributed by atoms with Crippen molar-refractivity contribution in [3.63, 3.8) is 0 Å². The van der Waals surface area contributed by atoms with Gasteiger partial charge in [0.2, 0.25) is 0 Å². The molecule has 0 spiro atoms. The van der Waals surface area contributed by atoms with E-state index in [1.54, 1.807) is 0 Å². The second-order valence-electron chi connectivity index (χ2n) is 2.60. The van der Waals surface area contributed by atoms with Gasteiger partial charge < -0.3 is 0 Å². The van der Waals surface area contributed by atoms with Gasteiger partial charge in [-0.3, -0.25) is 10.4 Å². The van der Waals surface area contributed by atoms with E-state index in [0.29, 0.717) is 0 Å². The van der Waals surface area contributed by atoms with Crippen molar-refractivity contribution >= 4 is 27.7 Å². The zero-order chi connectivity index (χ0) is 8.39. The third-order valence-electron chi connectivity index (χ3n) is 1.79. The Morgan fingerprint density at radius 2 is 2.17 bits per heavy atom. The van der Waals surface area contributed by atoms with Gasteiger partial charge in [0.1, 0.15) is 0 Å². The number of nitrogens with one attached hydrogen (secondary N) is 1. The molecule has 2 nitrogen and oxygen atoms in total. The largest absolute Gasteiger partial charge is 0.298 e. The van der Waals surface area contributed by atoms with Gasteiger partial charge >= 0.3 is 0 Å². The highest BCUT2D eigenvalue weighted by Crippen LogP contribution is 2.21. The Bertz CT molecular complexity index is 309. The first-order chi connectivity index (χ1) is 5.90. The quantitative estimate of drug-likeness (QED) is 0.583.